The number of nitrogens with two attached hydrogens (primary N) is 1. The van der Waals surface area contributed by atoms with Crippen LogP contribution in [0.3, 0.4) is 0 Å². The highest BCUT2D eigenvalue weighted by Crippen LogP contribution is 2.18. The molecule has 0 atom stereocenters. The molecule has 0 spiro atoms. The summed E-state index contributed by atoms with van der Waals surface area (Å²) in [6, 6.07) is 12.8. The Bertz CT molecular complexity index is 641. The van der Waals surface area contributed by atoms with E-state index in [1.807, 2.05) is 0 Å². The van der Waals surface area contributed by atoms with Crippen LogP contribution in [-0.4, -0.2) is 41.1 Å². The summed E-state index contributed by atoms with van der Waals surface area (Å²) in [6.07, 6.45) is 2.19. The Morgan fingerprint density at radius 2 is 1.96 bits per heavy atom. The summed E-state index contributed by atoms with van der Waals surface area (Å²) >= 11 is 0. The summed E-state index contributed by atoms with van der Waals surface area (Å²) in [6.45, 7) is 3.55. The van der Waals surface area contributed by atoms with Gasteiger partial charge >= 0.3 is 0 Å². The Kier molecular flexibility index (Phi) is 5.61. The molecule has 0 amide bonds. The lowest BCUT2D eigenvalue weighted by molar-refractivity contribution is 0.178. The minimum absolute atomic E-state index is 0.370. The van der Waals surface area contributed by atoms with Gasteiger partial charge in [0, 0.05) is 38.9 Å². The topological polar surface area (TPSA) is 76.3 Å². The van der Waals surface area contributed by atoms with Gasteiger partial charge in [-0.2, -0.15) is 0 Å². The van der Waals surface area contributed by atoms with Crippen molar-refractivity contribution < 1.29 is 4.74 Å². The van der Waals surface area contributed by atoms with Gasteiger partial charge in [-0.05, 0) is 18.4 Å². The maximum atomic E-state index is 5.85. The largest absolute Gasteiger partial charge is 0.384 e. The Morgan fingerprint density at radius 1 is 1.21 bits per heavy atom. The Labute approximate surface area is 143 Å². The number of aromatic nitrogens is 2. The molecule has 24 heavy (non-hydrogen) atoms. The fourth-order valence-electron chi connectivity index (χ4n) is 3.07. The fourth-order valence-corrected chi connectivity index (χ4v) is 3.07. The van der Waals surface area contributed by atoms with Crippen LogP contribution in [0.15, 0.2) is 36.4 Å². The monoisotopic (exact) mass is 327 g/mol. The van der Waals surface area contributed by atoms with Crippen molar-refractivity contribution in [1.82, 2.24) is 14.9 Å². The van der Waals surface area contributed by atoms with Crippen molar-refractivity contribution in [3.8, 4) is 0 Å². The van der Waals surface area contributed by atoms with E-state index >= 15 is 0 Å². The van der Waals surface area contributed by atoms with Gasteiger partial charge in [-0.3, -0.25) is 4.90 Å². The maximum Gasteiger partial charge on any atom is 0.158 e. The molecule has 6 heteroatoms. The molecule has 1 saturated heterocycles. The third-order valence-electron chi connectivity index (χ3n) is 4.25. The molecule has 0 unspecified atom stereocenters. The average Bonchev–Trinajstić information content (AvgIpc) is 2.57. The highest BCUT2D eigenvalue weighted by molar-refractivity contribution is 5.45. The molecule has 3 rings (SSSR count). The number of benzene rings is 1. The summed E-state index contributed by atoms with van der Waals surface area (Å²) in [4.78, 5) is 11.1. The maximum absolute atomic E-state index is 5.85. The summed E-state index contributed by atoms with van der Waals surface area (Å²) in [5.41, 5.74) is 7.22. The standard InChI is InChI=1S/C18H25N5O/c1-24-13-18-21-16(19)11-17(22-18)20-15-7-9-23(10-8-15)12-14-5-3-2-4-6-14/h2-6,11,15H,7-10,12-13H2,1H3,(H3,19,20,21,22). The van der Waals surface area contributed by atoms with E-state index in [4.69, 9.17) is 10.5 Å². The first kappa shape index (κ1) is 16.7. The molecule has 1 aliphatic rings. The number of methoxy groups -OCH3 is 1. The number of nitrogens with zero attached hydrogens (tertiary/aromatic N) is 3. The molecule has 0 radical (unpaired) electrons. The molecule has 0 saturated carbocycles. The van der Waals surface area contributed by atoms with Crippen molar-refractivity contribution in [1.29, 1.82) is 0 Å². The molecular weight excluding hydrogens is 302 g/mol. The van der Waals surface area contributed by atoms with Crippen molar-refractivity contribution in [2.45, 2.75) is 32.0 Å². The van der Waals surface area contributed by atoms with Crippen LogP contribution in [0.5, 0.6) is 0 Å². The number of piperidine rings is 1. The van der Waals surface area contributed by atoms with Crippen molar-refractivity contribution in [2.75, 3.05) is 31.2 Å². The van der Waals surface area contributed by atoms with Gasteiger partial charge in [0.15, 0.2) is 5.82 Å². The third-order valence-corrected chi connectivity index (χ3v) is 4.25. The van der Waals surface area contributed by atoms with E-state index in [9.17, 15) is 0 Å². The van der Waals surface area contributed by atoms with E-state index in [0.717, 1.165) is 38.3 Å². The molecule has 2 aromatic rings. The molecule has 6 nitrogen and oxygen atoms in total. The van der Waals surface area contributed by atoms with E-state index in [1.165, 1.54) is 5.56 Å². The normalized spacial score (nSPS) is 16.2. The molecule has 128 valence electrons. The van der Waals surface area contributed by atoms with E-state index in [2.05, 4.69) is 50.5 Å². The summed E-state index contributed by atoms with van der Waals surface area (Å²) < 4.78 is 5.08. The Morgan fingerprint density at radius 3 is 2.67 bits per heavy atom. The molecule has 1 fully saturated rings. The quantitative estimate of drug-likeness (QED) is 0.848. The predicted octanol–water partition coefficient (Wildman–Crippen LogP) is 2.28. The predicted molar refractivity (Wildman–Crippen MR) is 95.5 cm³/mol. The van der Waals surface area contributed by atoms with Gasteiger partial charge in [-0.1, -0.05) is 30.3 Å². The first-order valence-electron chi connectivity index (χ1n) is 8.38. The van der Waals surface area contributed by atoms with Crippen LogP contribution in [0, 0.1) is 0 Å². The zero-order valence-corrected chi connectivity index (χ0v) is 14.1. The second kappa shape index (κ2) is 8.08. The van der Waals surface area contributed by atoms with Gasteiger partial charge in [0.2, 0.25) is 0 Å². The van der Waals surface area contributed by atoms with Crippen LogP contribution >= 0.6 is 0 Å². The van der Waals surface area contributed by atoms with Crippen molar-refractivity contribution in [2.24, 2.45) is 0 Å². The number of nitrogens with one attached hydrogen (secondary N) is 1. The van der Waals surface area contributed by atoms with Crippen molar-refractivity contribution in [3.63, 3.8) is 0 Å². The molecule has 3 N–H and O–H groups in total. The second-order valence-electron chi connectivity index (χ2n) is 6.21. The SMILES string of the molecule is COCc1nc(N)cc(NC2CCN(Cc3ccccc3)CC2)n1. The van der Waals surface area contributed by atoms with Gasteiger partial charge in [0.05, 0.1) is 0 Å². The smallest absolute Gasteiger partial charge is 0.158 e. The molecular formula is C18H25N5O. The van der Waals surface area contributed by atoms with E-state index in [-0.39, 0.29) is 0 Å². The lowest BCUT2D eigenvalue weighted by Crippen LogP contribution is -2.38. The van der Waals surface area contributed by atoms with Crippen LogP contribution in [0.2, 0.25) is 0 Å². The highest BCUT2D eigenvalue weighted by atomic mass is 16.5. The number of hydrogen-bond donors (Lipinski definition) is 2. The number of anilines is 2. The lowest BCUT2D eigenvalue weighted by atomic mass is 10.0. The first-order chi connectivity index (χ1) is 11.7. The van der Waals surface area contributed by atoms with E-state index in [1.54, 1.807) is 13.2 Å². The minimum Gasteiger partial charge on any atom is -0.384 e. The lowest BCUT2D eigenvalue weighted by Gasteiger charge is -2.32. The van der Waals surface area contributed by atoms with Crippen LogP contribution in [-0.2, 0) is 17.9 Å². The Hall–Kier alpha value is -2.18. The summed E-state index contributed by atoms with van der Waals surface area (Å²) in [7, 11) is 1.63. The number of hydrogen-bond acceptors (Lipinski definition) is 6. The third kappa shape index (κ3) is 4.66. The Balaban J connectivity index is 1.52. The van der Waals surface area contributed by atoms with E-state index < -0.39 is 0 Å². The van der Waals surface area contributed by atoms with Crippen LogP contribution in [0.4, 0.5) is 11.6 Å². The number of ether oxygens (including phenoxy) is 1. The number of nitrogen functional groups attached to an aromatic ring is 1. The molecule has 0 bridgehead atoms. The molecule has 2 heterocycles. The number of rotatable bonds is 6. The number of likely N-dealkylation sites (tertiary alicyclic amines) is 1. The molecule has 1 aliphatic heterocycles. The summed E-state index contributed by atoms with van der Waals surface area (Å²) in [5.74, 6) is 1.87. The van der Waals surface area contributed by atoms with Gasteiger partial charge in [0.1, 0.15) is 18.2 Å². The van der Waals surface area contributed by atoms with Gasteiger partial charge in [-0.25, -0.2) is 9.97 Å². The highest BCUT2D eigenvalue weighted by Gasteiger charge is 2.19. The van der Waals surface area contributed by atoms with Crippen LogP contribution < -0.4 is 11.1 Å². The van der Waals surface area contributed by atoms with Crippen molar-refractivity contribution >= 4 is 11.6 Å². The van der Waals surface area contributed by atoms with Crippen LogP contribution in [0.1, 0.15) is 24.2 Å². The molecule has 1 aromatic carbocycles. The summed E-state index contributed by atoms with van der Waals surface area (Å²) in [5, 5.41) is 3.49. The molecule has 1 aromatic heterocycles. The van der Waals surface area contributed by atoms with Gasteiger partial charge in [0.25, 0.3) is 0 Å². The van der Waals surface area contributed by atoms with Crippen molar-refractivity contribution in [3.05, 3.63) is 47.8 Å². The average molecular weight is 327 g/mol. The second-order valence-corrected chi connectivity index (χ2v) is 6.21. The van der Waals surface area contributed by atoms with E-state index in [0.29, 0.717) is 24.3 Å². The zero-order chi connectivity index (χ0) is 16.8. The molecule has 0 aliphatic carbocycles. The zero-order valence-electron chi connectivity index (χ0n) is 14.1. The van der Waals surface area contributed by atoms with Gasteiger partial charge in [-0.15, -0.1) is 0 Å². The van der Waals surface area contributed by atoms with Gasteiger partial charge < -0.3 is 15.8 Å². The van der Waals surface area contributed by atoms with Crippen LogP contribution in [0.25, 0.3) is 0 Å². The minimum atomic E-state index is 0.370. The fraction of sp³-hybridized carbons (Fsp3) is 0.444. The first-order valence-corrected chi connectivity index (χ1v) is 8.38.